The lowest BCUT2D eigenvalue weighted by Crippen LogP contribution is -2.67. The molecule has 4 heterocycles. The van der Waals surface area contributed by atoms with E-state index in [-0.39, 0.29) is 17.0 Å². The third kappa shape index (κ3) is 3.57. The number of carboxylic acids is 1. The minimum atomic E-state index is -1.09. The van der Waals surface area contributed by atoms with Crippen LogP contribution in [0, 0.1) is 6.92 Å². The first kappa shape index (κ1) is 19.7. The molecule has 2 aliphatic heterocycles. The molecule has 0 aromatic carbocycles. The van der Waals surface area contributed by atoms with Crippen LogP contribution in [-0.2, 0) is 23.7 Å². The number of hydrogen-bond acceptors (Lipinski definition) is 8. The zero-order valence-electron chi connectivity index (χ0n) is 16.1. The molecule has 4 rings (SSSR count). The number of anilines is 1. The number of aryl methyl sites for hydroxylation is 3. The summed E-state index contributed by atoms with van der Waals surface area (Å²) in [7, 11) is 3.66. The molecule has 2 aliphatic rings. The van der Waals surface area contributed by atoms with Gasteiger partial charge in [0.2, 0.25) is 5.16 Å². The summed E-state index contributed by atoms with van der Waals surface area (Å²) in [5, 5.41) is 24.7. The molecule has 0 bridgehead atoms. The fourth-order valence-electron chi connectivity index (χ4n) is 3.36. The summed E-state index contributed by atoms with van der Waals surface area (Å²) >= 11 is 2.92. The fourth-order valence-corrected chi connectivity index (χ4v) is 5.70. The van der Waals surface area contributed by atoms with Gasteiger partial charge in [0.25, 0.3) is 5.91 Å². The van der Waals surface area contributed by atoms with Gasteiger partial charge in [-0.1, -0.05) is 11.8 Å². The summed E-state index contributed by atoms with van der Waals surface area (Å²) in [5.74, 6) is -0.368. The average Bonchev–Trinajstić information content (AvgIpc) is 3.09. The number of aliphatic carboxylic acids is 1. The van der Waals surface area contributed by atoms with Crippen molar-refractivity contribution < 1.29 is 19.3 Å². The smallest absolute Gasteiger partial charge is 0.352 e. The van der Waals surface area contributed by atoms with Crippen LogP contribution in [0.1, 0.15) is 5.56 Å². The Bertz CT molecular complexity index is 1020. The number of carbonyl (C=O) groups is 2. The number of rotatable bonds is 6. The lowest BCUT2D eigenvalue weighted by atomic mass is 10.0. The summed E-state index contributed by atoms with van der Waals surface area (Å²) in [5.41, 5.74) is 2.67. The second-order valence-electron chi connectivity index (χ2n) is 6.87. The third-order valence-corrected chi connectivity index (χ3v) is 7.25. The number of carboxylic acid groups (broad SMARTS) is 1. The minimum absolute atomic E-state index is 0.0793. The number of aromatic nitrogens is 5. The Balaban J connectivity index is 1.52. The molecule has 1 amide bonds. The van der Waals surface area contributed by atoms with Crippen molar-refractivity contribution in [1.82, 2.24) is 25.1 Å². The van der Waals surface area contributed by atoms with Gasteiger partial charge in [-0.25, -0.2) is 14.0 Å². The Morgan fingerprint density at radius 3 is 2.97 bits per heavy atom. The summed E-state index contributed by atoms with van der Waals surface area (Å²) in [6.07, 6.45) is 3.87. The van der Waals surface area contributed by atoms with Gasteiger partial charge in [-0.05, 0) is 22.9 Å². The van der Waals surface area contributed by atoms with Gasteiger partial charge in [-0.3, -0.25) is 9.69 Å². The molecule has 1 fully saturated rings. The van der Waals surface area contributed by atoms with Gasteiger partial charge < -0.3 is 10.4 Å². The van der Waals surface area contributed by atoms with Crippen molar-refractivity contribution in [2.75, 3.05) is 16.8 Å². The number of β-lactam (4-membered cyclic amide) rings is 1. The lowest BCUT2D eigenvalue weighted by molar-refractivity contribution is -0.671. The molecule has 1 saturated heterocycles. The van der Waals surface area contributed by atoms with Gasteiger partial charge in [-0.15, -0.1) is 16.9 Å². The van der Waals surface area contributed by atoms with E-state index in [0.717, 1.165) is 11.3 Å². The van der Waals surface area contributed by atoms with Gasteiger partial charge >= 0.3 is 5.97 Å². The average molecular weight is 435 g/mol. The maximum atomic E-state index is 12.8. The quantitative estimate of drug-likeness (QED) is 0.373. The molecule has 10 nitrogen and oxygen atoms in total. The second kappa shape index (κ2) is 7.67. The highest BCUT2D eigenvalue weighted by atomic mass is 32.2. The molecule has 0 aliphatic carbocycles. The van der Waals surface area contributed by atoms with Crippen molar-refractivity contribution in [3.63, 3.8) is 0 Å². The predicted molar refractivity (Wildman–Crippen MR) is 107 cm³/mol. The van der Waals surface area contributed by atoms with Crippen LogP contribution in [0.25, 0.3) is 0 Å². The first-order valence-electron chi connectivity index (χ1n) is 8.84. The zero-order valence-corrected chi connectivity index (χ0v) is 17.7. The van der Waals surface area contributed by atoms with Crippen molar-refractivity contribution in [3.05, 3.63) is 35.3 Å². The van der Waals surface area contributed by atoms with Crippen LogP contribution < -0.4 is 9.88 Å². The Morgan fingerprint density at radius 2 is 2.31 bits per heavy atom. The maximum Gasteiger partial charge on any atom is 0.352 e. The normalized spacial score (nSPS) is 21.1. The largest absolute Gasteiger partial charge is 0.477 e. The van der Waals surface area contributed by atoms with Crippen molar-refractivity contribution in [2.45, 2.75) is 23.5 Å². The first-order chi connectivity index (χ1) is 13.9. The van der Waals surface area contributed by atoms with Gasteiger partial charge in [0.05, 0.1) is 0 Å². The number of hydrogen-bond donors (Lipinski definition) is 2. The van der Waals surface area contributed by atoms with Crippen LogP contribution in [-0.4, -0.2) is 65.0 Å². The SMILES string of the molecule is Cc1c[n+](C)ccc1N[C@H]1C(=O)N2C(C(=O)O)=C(CSc3nnnn3C)CSC12. The molecule has 2 aromatic heterocycles. The molecule has 152 valence electrons. The van der Waals surface area contributed by atoms with Crippen LogP contribution in [0.2, 0.25) is 0 Å². The lowest BCUT2D eigenvalue weighted by Gasteiger charge is -2.49. The van der Waals surface area contributed by atoms with Crippen LogP contribution in [0.4, 0.5) is 5.69 Å². The standard InChI is InChI=1S/C17H19N7O3S2/c1-9-6-22(2)5-4-11(9)18-12-14(25)24-13(16(26)27)10(7-28-15(12)24)8-29-17-19-20-21-23(17)3/h4-6,12,15H,7-8H2,1-3H3,(H,26,27)/p+1/t12-,15?/m0/s1. The summed E-state index contributed by atoms with van der Waals surface area (Å²) in [6.45, 7) is 1.97. The Labute approximate surface area is 175 Å². The topological polar surface area (TPSA) is 117 Å². The number of amides is 1. The van der Waals surface area contributed by atoms with Gasteiger partial charge in [0, 0.05) is 35.9 Å². The van der Waals surface area contributed by atoms with Crippen LogP contribution in [0.15, 0.2) is 34.9 Å². The molecule has 2 atom stereocenters. The van der Waals surface area contributed by atoms with Gasteiger partial charge in [0.15, 0.2) is 12.4 Å². The van der Waals surface area contributed by atoms with E-state index >= 15 is 0 Å². The molecular formula is C17H20N7O3S2+. The van der Waals surface area contributed by atoms with E-state index in [0.29, 0.717) is 22.2 Å². The molecule has 29 heavy (non-hydrogen) atoms. The minimum Gasteiger partial charge on any atom is -0.477 e. The number of pyridine rings is 1. The highest BCUT2D eigenvalue weighted by molar-refractivity contribution is 8.01. The summed E-state index contributed by atoms with van der Waals surface area (Å²) < 4.78 is 3.47. The molecule has 0 saturated carbocycles. The van der Waals surface area contributed by atoms with Gasteiger partial charge in [-0.2, -0.15) is 0 Å². The van der Waals surface area contributed by atoms with E-state index in [2.05, 4.69) is 20.8 Å². The Kier molecular flexibility index (Phi) is 5.21. The Morgan fingerprint density at radius 1 is 1.52 bits per heavy atom. The molecule has 1 unspecified atom stereocenters. The Hall–Kier alpha value is -2.60. The predicted octanol–water partition coefficient (Wildman–Crippen LogP) is 0.170. The van der Waals surface area contributed by atoms with Crippen molar-refractivity contribution >= 4 is 41.1 Å². The van der Waals surface area contributed by atoms with Gasteiger partial charge in [0.1, 0.15) is 24.2 Å². The van der Waals surface area contributed by atoms with E-state index < -0.39 is 12.0 Å². The van der Waals surface area contributed by atoms with E-state index in [4.69, 9.17) is 0 Å². The van der Waals surface area contributed by atoms with E-state index in [1.54, 1.807) is 18.8 Å². The molecule has 2 N–H and O–H groups in total. The number of fused-ring (bicyclic) bond motifs is 1. The molecule has 0 spiro atoms. The number of nitrogens with one attached hydrogen (secondary N) is 1. The molecule has 12 heteroatoms. The highest BCUT2D eigenvalue weighted by Crippen LogP contribution is 2.42. The van der Waals surface area contributed by atoms with E-state index in [9.17, 15) is 14.7 Å². The number of thioether (sulfide) groups is 2. The maximum absolute atomic E-state index is 12.8. The van der Waals surface area contributed by atoms with Crippen molar-refractivity contribution in [1.29, 1.82) is 0 Å². The number of nitrogens with zero attached hydrogens (tertiary/aromatic N) is 6. The second-order valence-corrected chi connectivity index (χ2v) is 8.92. The van der Waals surface area contributed by atoms with Crippen LogP contribution in [0.5, 0.6) is 0 Å². The number of carbonyl (C=O) groups excluding carboxylic acids is 1. The van der Waals surface area contributed by atoms with E-state index in [1.165, 1.54) is 21.3 Å². The summed E-state index contributed by atoms with van der Waals surface area (Å²) in [6, 6.07) is 1.47. The summed E-state index contributed by atoms with van der Waals surface area (Å²) in [4.78, 5) is 26.2. The zero-order chi connectivity index (χ0) is 20.7. The fraction of sp³-hybridized carbons (Fsp3) is 0.412. The third-order valence-electron chi connectivity index (χ3n) is 4.82. The number of tetrazole rings is 1. The van der Waals surface area contributed by atoms with Crippen molar-refractivity contribution in [3.8, 4) is 0 Å². The van der Waals surface area contributed by atoms with Crippen LogP contribution >= 0.6 is 23.5 Å². The van der Waals surface area contributed by atoms with Crippen LogP contribution in [0.3, 0.4) is 0 Å². The van der Waals surface area contributed by atoms with E-state index in [1.807, 2.05) is 37.0 Å². The first-order valence-corrected chi connectivity index (χ1v) is 10.9. The molecular weight excluding hydrogens is 414 g/mol. The highest BCUT2D eigenvalue weighted by Gasteiger charge is 2.53. The van der Waals surface area contributed by atoms with Crippen molar-refractivity contribution in [2.24, 2.45) is 14.1 Å². The monoisotopic (exact) mass is 434 g/mol. The molecule has 0 radical (unpaired) electrons. The molecule has 2 aromatic rings.